The van der Waals surface area contributed by atoms with Crippen molar-refractivity contribution in [1.29, 1.82) is 0 Å². The Morgan fingerprint density at radius 2 is 2.00 bits per heavy atom. The zero-order chi connectivity index (χ0) is 13.2. The van der Waals surface area contributed by atoms with Crippen molar-refractivity contribution in [2.45, 2.75) is 51.5 Å². The Hall–Kier alpha value is -1.32. The Balaban J connectivity index is 2.18. The average Bonchev–Trinajstić information content (AvgIpc) is 2.73. The fourth-order valence-electron chi connectivity index (χ4n) is 2.81. The fourth-order valence-corrected chi connectivity index (χ4v) is 2.81. The van der Waals surface area contributed by atoms with Crippen molar-refractivity contribution in [1.82, 2.24) is 10.2 Å². The van der Waals surface area contributed by atoms with E-state index in [0.717, 1.165) is 25.7 Å². The van der Waals surface area contributed by atoms with Crippen LogP contribution in [-0.4, -0.2) is 35.3 Å². The molecule has 1 spiro atoms. The van der Waals surface area contributed by atoms with Crippen molar-refractivity contribution in [2.24, 2.45) is 0 Å². The molecule has 4 nitrogen and oxygen atoms in total. The molecule has 1 aliphatic carbocycles. The summed E-state index contributed by atoms with van der Waals surface area (Å²) in [7, 11) is 0. The summed E-state index contributed by atoms with van der Waals surface area (Å²) in [5, 5.41) is 2.97. The predicted octanol–water partition coefficient (Wildman–Crippen LogP) is 1.61. The Morgan fingerprint density at radius 3 is 2.61 bits per heavy atom. The van der Waals surface area contributed by atoms with Crippen LogP contribution in [-0.2, 0) is 9.59 Å². The molecule has 2 amide bonds. The first-order valence-electron chi connectivity index (χ1n) is 6.77. The molecule has 0 atom stereocenters. The molecule has 0 radical (unpaired) electrons. The van der Waals surface area contributed by atoms with Crippen LogP contribution in [0.1, 0.15) is 46.0 Å². The SMILES string of the molecule is CC(C)=CCN1CCC(=O)NC2(CCCC2)C1=O. The molecule has 4 heteroatoms. The third-order valence-electron chi connectivity index (χ3n) is 3.86. The molecular weight excluding hydrogens is 228 g/mol. The molecule has 18 heavy (non-hydrogen) atoms. The van der Waals surface area contributed by atoms with Gasteiger partial charge in [-0.2, -0.15) is 0 Å². The van der Waals surface area contributed by atoms with E-state index in [1.165, 1.54) is 5.57 Å². The lowest BCUT2D eigenvalue weighted by Gasteiger charge is -2.31. The topological polar surface area (TPSA) is 49.4 Å². The van der Waals surface area contributed by atoms with Gasteiger partial charge < -0.3 is 10.2 Å². The summed E-state index contributed by atoms with van der Waals surface area (Å²) >= 11 is 0. The summed E-state index contributed by atoms with van der Waals surface area (Å²) in [6.07, 6.45) is 6.12. The number of carbonyl (C=O) groups is 2. The van der Waals surface area contributed by atoms with Crippen LogP contribution in [0.4, 0.5) is 0 Å². The molecule has 0 unspecified atom stereocenters. The highest BCUT2D eigenvalue weighted by Gasteiger charge is 2.46. The van der Waals surface area contributed by atoms with Crippen LogP contribution in [0.2, 0.25) is 0 Å². The van der Waals surface area contributed by atoms with Gasteiger partial charge in [0, 0.05) is 19.5 Å². The van der Waals surface area contributed by atoms with Crippen molar-refractivity contribution in [3.8, 4) is 0 Å². The first-order valence-corrected chi connectivity index (χ1v) is 6.77. The molecule has 1 N–H and O–H groups in total. The van der Waals surface area contributed by atoms with Gasteiger partial charge in [0.25, 0.3) is 0 Å². The van der Waals surface area contributed by atoms with Crippen LogP contribution in [0, 0.1) is 0 Å². The summed E-state index contributed by atoms with van der Waals surface area (Å²) < 4.78 is 0. The Morgan fingerprint density at radius 1 is 1.33 bits per heavy atom. The Kier molecular flexibility index (Phi) is 3.73. The second-order valence-corrected chi connectivity index (χ2v) is 5.62. The van der Waals surface area contributed by atoms with Gasteiger partial charge in [0.15, 0.2) is 0 Å². The van der Waals surface area contributed by atoms with Crippen LogP contribution >= 0.6 is 0 Å². The zero-order valence-electron chi connectivity index (χ0n) is 11.3. The highest BCUT2D eigenvalue weighted by molar-refractivity contribution is 5.93. The summed E-state index contributed by atoms with van der Waals surface area (Å²) in [5.41, 5.74) is 0.607. The van der Waals surface area contributed by atoms with Crippen molar-refractivity contribution >= 4 is 11.8 Å². The highest BCUT2D eigenvalue weighted by Crippen LogP contribution is 2.32. The van der Waals surface area contributed by atoms with E-state index in [1.54, 1.807) is 0 Å². The van der Waals surface area contributed by atoms with Gasteiger partial charge in [-0.15, -0.1) is 0 Å². The van der Waals surface area contributed by atoms with Crippen molar-refractivity contribution in [3.63, 3.8) is 0 Å². The third kappa shape index (κ3) is 2.57. The second kappa shape index (κ2) is 5.12. The standard InChI is InChI=1S/C14H22N2O2/c1-11(2)5-9-16-10-6-12(17)15-14(13(16)18)7-3-4-8-14/h5H,3-4,6-10H2,1-2H3,(H,15,17). The minimum atomic E-state index is -0.594. The van der Waals surface area contributed by atoms with Gasteiger partial charge in [0.05, 0.1) is 0 Å². The van der Waals surface area contributed by atoms with Crippen molar-refractivity contribution in [2.75, 3.05) is 13.1 Å². The predicted molar refractivity (Wildman–Crippen MR) is 70.0 cm³/mol. The van der Waals surface area contributed by atoms with Crippen LogP contribution in [0.15, 0.2) is 11.6 Å². The minimum Gasteiger partial charge on any atom is -0.342 e. The van der Waals surface area contributed by atoms with Gasteiger partial charge in [-0.25, -0.2) is 0 Å². The summed E-state index contributed by atoms with van der Waals surface area (Å²) in [5.74, 6) is 0.133. The molecule has 2 rings (SSSR count). The molecule has 100 valence electrons. The van der Waals surface area contributed by atoms with E-state index in [4.69, 9.17) is 0 Å². The zero-order valence-corrected chi connectivity index (χ0v) is 11.3. The molecule has 1 aliphatic heterocycles. The molecule has 1 saturated heterocycles. The lowest BCUT2D eigenvalue weighted by atomic mass is 9.96. The van der Waals surface area contributed by atoms with Crippen LogP contribution in [0.5, 0.6) is 0 Å². The third-order valence-corrected chi connectivity index (χ3v) is 3.86. The van der Waals surface area contributed by atoms with Crippen molar-refractivity contribution < 1.29 is 9.59 Å². The molecule has 0 aromatic carbocycles. The number of hydrogen-bond donors (Lipinski definition) is 1. The molecule has 0 aromatic heterocycles. The van der Waals surface area contributed by atoms with E-state index in [-0.39, 0.29) is 11.8 Å². The Labute approximate surface area is 108 Å². The van der Waals surface area contributed by atoms with Gasteiger partial charge >= 0.3 is 0 Å². The van der Waals surface area contributed by atoms with Crippen LogP contribution in [0.25, 0.3) is 0 Å². The number of rotatable bonds is 2. The number of hydrogen-bond acceptors (Lipinski definition) is 2. The maximum absolute atomic E-state index is 12.6. The van der Waals surface area contributed by atoms with Gasteiger partial charge in [-0.05, 0) is 26.7 Å². The van der Waals surface area contributed by atoms with Crippen LogP contribution < -0.4 is 5.32 Å². The Bertz CT molecular complexity index is 377. The summed E-state index contributed by atoms with van der Waals surface area (Å²) in [4.78, 5) is 26.2. The molecule has 2 fully saturated rings. The lowest BCUT2D eigenvalue weighted by molar-refractivity contribution is -0.138. The van der Waals surface area contributed by atoms with Crippen LogP contribution in [0.3, 0.4) is 0 Å². The van der Waals surface area contributed by atoms with E-state index in [9.17, 15) is 9.59 Å². The first kappa shape index (κ1) is 13.1. The summed E-state index contributed by atoms with van der Waals surface area (Å²) in [6.45, 7) is 5.21. The smallest absolute Gasteiger partial charge is 0.248 e. The lowest BCUT2D eigenvalue weighted by Crippen LogP contribution is -2.55. The van der Waals surface area contributed by atoms with E-state index in [1.807, 2.05) is 18.7 Å². The molecule has 0 aromatic rings. The van der Waals surface area contributed by atoms with E-state index < -0.39 is 5.54 Å². The number of carbonyl (C=O) groups excluding carboxylic acids is 2. The van der Waals surface area contributed by atoms with E-state index in [2.05, 4.69) is 11.4 Å². The number of nitrogens with one attached hydrogen (secondary N) is 1. The maximum Gasteiger partial charge on any atom is 0.248 e. The van der Waals surface area contributed by atoms with E-state index in [0.29, 0.717) is 19.5 Å². The largest absolute Gasteiger partial charge is 0.342 e. The molecule has 0 bridgehead atoms. The van der Waals surface area contributed by atoms with Gasteiger partial charge in [0.2, 0.25) is 11.8 Å². The normalized spacial score (nSPS) is 22.9. The molecule has 1 heterocycles. The van der Waals surface area contributed by atoms with Gasteiger partial charge in [0.1, 0.15) is 5.54 Å². The number of allylic oxidation sites excluding steroid dienone is 1. The number of amides is 2. The first-order chi connectivity index (χ1) is 8.53. The van der Waals surface area contributed by atoms with Gasteiger partial charge in [-0.3, -0.25) is 9.59 Å². The average molecular weight is 250 g/mol. The molecular formula is C14H22N2O2. The van der Waals surface area contributed by atoms with E-state index >= 15 is 0 Å². The highest BCUT2D eigenvalue weighted by atomic mass is 16.2. The maximum atomic E-state index is 12.6. The molecule has 2 aliphatic rings. The second-order valence-electron chi connectivity index (χ2n) is 5.62. The minimum absolute atomic E-state index is 0.0185. The van der Waals surface area contributed by atoms with Crippen molar-refractivity contribution in [3.05, 3.63) is 11.6 Å². The fraction of sp³-hybridized carbons (Fsp3) is 0.714. The quantitative estimate of drug-likeness (QED) is 0.757. The number of nitrogens with zero attached hydrogens (tertiary/aromatic N) is 1. The summed E-state index contributed by atoms with van der Waals surface area (Å²) in [6, 6.07) is 0. The van der Waals surface area contributed by atoms with Gasteiger partial charge in [-0.1, -0.05) is 24.5 Å². The monoisotopic (exact) mass is 250 g/mol. The molecule has 1 saturated carbocycles.